The summed E-state index contributed by atoms with van der Waals surface area (Å²) in [6.07, 6.45) is 3.38. The normalized spacial score (nSPS) is 11.6. The highest BCUT2D eigenvalue weighted by Gasteiger charge is 2.28. The van der Waals surface area contributed by atoms with Crippen LogP contribution in [0.15, 0.2) is 48.5 Å². The van der Waals surface area contributed by atoms with Crippen molar-refractivity contribution in [1.29, 1.82) is 0 Å². The lowest BCUT2D eigenvalue weighted by Gasteiger charge is -2.31. The van der Waals surface area contributed by atoms with Crippen LogP contribution in [0.25, 0.3) is 0 Å². The predicted molar refractivity (Wildman–Crippen MR) is 130 cm³/mol. The average Bonchev–Trinajstić information content (AvgIpc) is 2.79. The van der Waals surface area contributed by atoms with Gasteiger partial charge in [-0.15, -0.1) is 0 Å². The fraction of sp³-hybridized carbons (Fsp3) is 0.462. The van der Waals surface area contributed by atoms with Crippen LogP contribution in [0.2, 0.25) is 5.02 Å². The molecular formula is C26H35ClN2O3. The zero-order valence-corrected chi connectivity index (χ0v) is 20.2. The van der Waals surface area contributed by atoms with Crippen LogP contribution >= 0.6 is 11.6 Å². The van der Waals surface area contributed by atoms with Crippen molar-refractivity contribution < 1.29 is 14.3 Å². The summed E-state index contributed by atoms with van der Waals surface area (Å²) in [7, 11) is 0. The van der Waals surface area contributed by atoms with E-state index in [-0.39, 0.29) is 11.8 Å². The Morgan fingerprint density at radius 3 is 2.34 bits per heavy atom. The number of hydrogen-bond donors (Lipinski definition) is 1. The number of carbonyl (C=O) groups is 2. The molecular weight excluding hydrogens is 424 g/mol. The molecule has 5 nitrogen and oxygen atoms in total. The molecule has 2 aromatic rings. The standard InChI is InChI=1S/C26H35ClN2O3/c1-4-6-17-28-26(31)24(5-2)29(19-21-11-13-22(27)14-12-21)25(30)8-7-18-32-23-15-9-20(3)10-16-23/h9-16,24H,4-8,17-19H2,1-3H3,(H,28,31). The molecule has 0 saturated carbocycles. The third kappa shape index (κ3) is 8.54. The first-order chi connectivity index (χ1) is 15.4. The molecule has 0 heterocycles. The molecule has 0 aromatic heterocycles. The van der Waals surface area contributed by atoms with Gasteiger partial charge in [0, 0.05) is 24.5 Å². The first-order valence-corrected chi connectivity index (χ1v) is 11.8. The predicted octanol–water partition coefficient (Wildman–Crippen LogP) is 5.53. The number of aryl methyl sites for hydroxylation is 1. The van der Waals surface area contributed by atoms with Gasteiger partial charge in [-0.3, -0.25) is 9.59 Å². The highest BCUT2D eigenvalue weighted by atomic mass is 35.5. The van der Waals surface area contributed by atoms with Gasteiger partial charge in [-0.25, -0.2) is 0 Å². The first kappa shape index (κ1) is 25.7. The van der Waals surface area contributed by atoms with Gasteiger partial charge in [0.05, 0.1) is 6.61 Å². The number of benzene rings is 2. The van der Waals surface area contributed by atoms with Crippen molar-refractivity contribution in [3.05, 3.63) is 64.7 Å². The average molecular weight is 459 g/mol. The van der Waals surface area contributed by atoms with Gasteiger partial charge < -0.3 is 15.0 Å². The fourth-order valence-electron chi connectivity index (χ4n) is 3.40. The van der Waals surface area contributed by atoms with Gasteiger partial charge in [0.1, 0.15) is 11.8 Å². The van der Waals surface area contributed by atoms with Crippen molar-refractivity contribution in [3.63, 3.8) is 0 Å². The van der Waals surface area contributed by atoms with Gasteiger partial charge in [0.25, 0.3) is 0 Å². The maximum Gasteiger partial charge on any atom is 0.242 e. The second-order valence-electron chi connectivity index (χ2n) is 7.98. The quantitative estimate of drug-likeness (QED) is 0.401. The van der Waals surface area contributed by atoms with Crippen LogP contribution in [0.4, 0.5) is 0 Å². The van der Waals surface area contributed by atoms with Gasteiger partial charge in [0.15, 0.2) is 0 Å². The zero-order valence-electron chi connectivity index (χ0n) is 19.4. The highest BCUT2D eigenvalue weighted by Crippen LogP contribution is 2.17. The van der Waals surface area contributed by atoms with Crippen LogP contribution < -0.4 is 10.1 Å². The topological polar surface area (TPSA) is 58.6 Å². The van der Waals surface area contributed by atoms with Gasteiger partial charge in [-0.1, -0.05) is 61.7 Å². The summed E-state index contributed by atoms with van der Waals surface area (Å²) >= 11 is 6.01. The van der Waals surface area contributed by atoms with E-state index in [0.29, 0.717) is 44.0 Å². The van der Waals surface area contributed by atoms with Crippen LogP contribution in [0.5, 0.6) is 5.75 Å². The van der Waals surface area contributed by atoms with Crippen molar-refractivity contribution in [2.24, 2.45) is 0 Å². The molecule has 2 amide bonds. The maximum atomic E-state index is 13.2. The number of unbranched alkanes of at least 4 members (excludes halogenated alkanes) is 1. The molecule has 0 aliphatic rings. The molecule has 0 aliphatic carbocycles. The van der Waals surface area contributed by atoms with Gasteiger partial charge >= 0.3 is 0 Å². The molecule has 0 bridgehead atoms. The third-order valence-corrected chi connectivity index (χ3v) is 5.56. The lowest BCUT2D eigenvalue weighted by atomic mass is 10.1. The Balaban J connectivity index is 2.02. The summed E-state index contributed by atoms with van der Waals surface area (Å²) in [5, 5.41) is 3.62. The molecule has 2 rings (SSSR count). The second kappa shape index (κ2) is 13.8. The van der Waals surface area contributed by atoms with E-state index in [2.05, 4.69) is 12.2 Å². The molecule has 1 unspecified atom stereocenters. The minimum Gasteiger partial charge on any atom is -0.494 e. The Hall–Kier alpha value is -2.53. The Bertz CT molecular complexity index is 837. The van der Waals surface area contributed by atoms with Gasteiger partial charge in [0.2, 0.25) is 11.8 Å². The van der Waals surface area contributed by atoms with E-state index in [1.807, 2.05) is 50.2 Å². The zero-order chi connectivity index (χ0) is 23.3. The Morgan fingerprint density at radius 1 is 1.03 bits per heavy atom. The second-order valence-corrected chi connectivity index (χ2v) is 8.42. The molecule has 1 N–H and O–H groups in total. The Kier molecular flexibility index (Phi) is 11.1. The van der Waals surface area contributed by atoms with E-state index < -0.39 is 6.04 Å². The van der Waals surface area contributed by atoms with E-state index in [1.54, 1.807) is 17.0 Å². The third-order valence-electron chi connectivity index (χ3n) is 5.31. The number of nitrogens with one attached hydrogen (secondary N) is 1. The van der Waals surface area contributed by atoms with E-state index in [9.17, 15) is 9.59 Å². The molecule has 1 atom stereocenters. The summed E-state index contributed by atoms with van der Waals surface area (Å²) in [5.41, 5.74) is 2.12. The maximum absolute atomic E-state index is 13.2. The lowest BCUT2D eigenvalue weighted by molar-refractivity contribution is -0.141. The molecule has 174 valence electrons. The number of ether oxygens (including phenoxy) is 1. The molecule has 0 saturated heterocycles. The van der Waals surface area contributed by atoms with Crippen molar-refractivity contribution in [2.45, 2.75) is 65.5 Å². The summed E-state index contributed by atoms with van der Waals surface area (Å²) in [6, 6.07) is 14.7. The number of hydrogen-bond acceptors (Lipinski definition) is 3. The summed E-state index contributed by atoms with van der Waals surface area (Å²) in [5.74, 6) is 0.645. The number of carbonyl (C=O) groups excluding carboxylic acids is 2. The molecule has 0 spiro atoms. The van der Waals surface area contributed by atoms with Crippen LogP contribution in [0.3, 0.4) is 0 Å². The van der Waals surface area contributed by atoms with E-state index >= 15 is 0 Å². The molecule has 0 fully saturated rings. The van der Waals surface area contributed by atoms with Crippen molar-refractivity contribution >= 4 is 23.4 Å². The molecule has 0 aliphatic heterocycles. The largest absolute Gasteiger partial charge is 0.494 e. The minimum absolute atomic E-state index is 0.0510. The fourth-order valence-corrected chi connectivity index (χ4v) is 3.53. The minimum atomic E-state index is -0.506. The van der Waals surface area contributed by atoms with Crippen LogP contribution in [-0.2, 0) is 16.1 Å². The molecule has 0 radical (unpaired) electrons. The Labute approximate surface area is 197 Å². The van der Waals surface area contributed by atoms with Crippen molar-refractivity contribution in [3.8, 4) is 5.75 Å². The van der Waals surface area contributed by atoms with Crippen molar-refractivity contribution in [2.75, 3.05) is 13.2 Å². The number of rotatable bonds is 13. The van der Waals surface area contributed by atoms with Gasteiger partial charge in [-0.05, 0) is 56.0 Å². The van der Waals surface area contributed by atoms with E-state index in [1.165, 1.54) is 5.56 Å². The van der Waals surface area contributed by atoms with Crippen LogP contribution in [0.1, 0.15) is 57.1 Å². The van der Waals surface area contributed by atoms with Crippen molar-refractivity contribution in [1.82, 2.24) is 10.2 Å². The van der Waals surface area contributed by atoms with E-state index in [0.717, 1.165) is 24.2 Å². The first-order valence-electron chi connectivity index (χ1n) is 11.5. The number of halogens is 1. The number of amides is 2. The summed E-state index contributed by atoms with van der Waals surface area (Å²) < 4.78 is 5.76. The highest BCUT2D eigenvalue weighted by molar-refractivity contribution is 6.30. The smallest absolute Gasteiger partial charge is 0.242 e. The lowest BCUT2D eigenvalue weighted by Crippen LogP contribution is -2.49. The SMILES string of the molecule is CCCCNC(=O)C(CC)N(Cc1ccc(Cl)cc1)C(=O)CCCOc1ccc(C)cc1. The summed E-state index contributed by atoms with van der Waals surface area (Å²) in [6.45, 7) is 7.49. The molecule has 32 heavy (non-hydrogen) atoms. The van der Waals surface area contributed by atoms with Crippen LogP contribution in [0, 0.1) is 6.92 Å². The van der Waals surface area contributed by atoms with E-state index in [4.69, 9.17) is 16.3 Å². The Morgan fingerprint density at radius 2 is 1.72 bits per heavy atom. The summed E-state index contributed by atoms with van der Waals surface area (Å²) in [4.78, 5) is 27.7. The number of nitrogens with zero attached hydrogens (tertiary/aromatic N) is 1. The van der Waals surface area contributed by atoms with Gasteiger partial charge in [-0.2, -0.15) is 0 Å². The molecule has 2 aromatic carbocycles. The molecule has 6 heteroatoms. The van der Waals surface area contributed by atoms with Crippen LogP contribution in [-0.4, -0.2) is 35.9 Å². The monoisotopic (exact) mass is 458 g/mol.